The largest absolute Gasteiger partial charge is 0.495 e. The molecule has 3 heteroatoms. The van der Waals surface area contributed by atoms with E-state index in [0.717, 1.165) is 0 Å². The Kier molecular flexibility index (Phi) is 3.06. The van der Waals surface area contributed by atoms with E-state index in [2.05, 4.69) is 6.58 Å². The minimum atomic E-state index is -1.49. The second-order valence-corrected chi connectivity index (χ2v) is 3.28. The van der Waals surface area contributed by atoms with Crippen LogP contribution in [0.1, 0.15) is 19.8 Å². The van der Waals surface area contributed by atoms with E-state index >= 15 is 0 Å². The molecular weight excluding hydrogens is 162 g/mol. The number of alkyl halides is 2. The van der Waals surface area contributed by atoms with Crippen molar-refractivity contribution in [1.29, 1.82) is 0 Å². The van der Waals surface area contributed by atoms with Gasteiger partial charge in [-0.2, -0.15) is 0 Å². The Balaban J connectivity index is 2.52. The molecule has 0 aromatic heterocycles. The summed E-state index contributed by atoms with van der Waals surface area (Å²) in [7, 11) is 0. The Morgan fingerprint density at radius 3 is 2.58 bits per heavy atom. The summed E-state index contributed by atoms with van der Waals surface area (Å²) in [5.41, 5.74) is 0. The second-order valence-electron chi connectivity index (χ2n) is 3.28. The molecule has 1 fully saturated rings. The first-order chi connectivity index (χ1) is 5.66. The molecule has 1 rings (SSSR count). The maximum Gasteiger partial charge on any atom is 0.168 e. The molecule has 0 bridgehead atoms. The lowest BCUT2D eigenvalue weighted by atomic mass is 9.86. The lowest BCUT2D eigenvalue weighted by molar-refractivity contribution is -0.0367. The van der Waals surface area contributed by atoms with Gasteiger partial charge >= 0.3 is 0 Å². The Labute approximate surface area is 71.4 Å². The van der Waals surface area contributed by atoms with E-state index in [9.17, 15) is 8.78 Å². The molecule has 4 atom stereocenters. The van der Waals surface area contributed by atoms with Crippen molar-refractivity contribution in [3.05, 3.63) is 12.8 Å². The van der Waals surface area contributed by atoms with Gasteiger partial charge in [0, 0.05) is 0 Å². The molecule has 0 heterocycles. The highest BCUT2D eigenvalue weighted by molar-refractivity contribution is 4.87. The van der Waals surface area contributed by atoms with Crippen LogP contribution < -0.4 is 0 Å². The van der Waals surface area contributed by atoms with Gasteiger partial charge in [-0.1, -0.05) is 13.5 Å². The molecule has 1 aliphatic rings. The van der Waals surface area contributed by atoms with Crippen LogP contribution in [0.5, 0.6) is 0 Å². The Bertz CT molecular complexity index is 161. The standard InChI is InChI=1S/C9H14F2O/c1-3-12-7-5-4-6(2)8(10)9(7)11/h3,6-9H,1,4-5H2,2H3/t6-,7?,8?,9?/m1/s1. The minimum absolute atomic E-state index is 0.190. The monoisotopic (exact) mass is 176 g/mol. The van der Waals surface area contributed by atoms with Gasteiger partial charge < -0.3 is 4.74 Å². The second kappa shape index (κ2) is 3.87. The van der Waals surface area contributed by atoms with Crippen LogP contribution >= 0.6 is 0 Å². The number of halogens is 2. The zero-order chi connectivity index (χ0) is 9.14. The summed E-state index contributed by atoms with van der Waals surface area (Å²) >= 11 is 0. The van der Waals surface area contributed by atoms with Gasteiger partial charge in [0.05, 0.1) is 6.26 Å². The average molecular weight is 176 g/mol. The summed E-state index contributed by atoms with van der Waals surface area (Å²) in [6, 6.07) is 0. The van der Waals surface area contributed by atoms with Gasteiger partial charge in [-0.15, -0.1) is 0 Å². The first-order valence-corrected chi connectivity index (χ1v) is 4.21. The van der Waals surface area contributed by atoms with Crippen molar-refractivity contribution >= 4 is 0 Å². The van der Waals surface area contributed by atoms with Crippen LogP contribution in [0.4, 0.5) is 8.78 Å². The van der Waals surface area contributed by atoms with Crippen LogP contribution in [0, 0.1) is 5.92 Å². The van der Waals surface area contributed by atoms with Crippen LogP contribution in [-0.4, -0.2) is 18.4 Å². The van der Waals surface area contributed by atoms with Crippen LogP contribution in [-0.2, 0) is 4.74 Å². The molecule has 12 heavy (non-hydrogen) atoms. The third kappa shape index (κ3) is 1.76. The molecule has 1 nitrogen and oxygen atoms in total. The quantitative estimate of drug-likeness (QED) is 0.588. The summed E-state index contributed by atoms with van der Waals surface area (Å²) < 4.78 is 31.0. The van der Waals surface area contributed by atoms with Crippen LogP contribution in [0.25, 0.3) is 0 Å². The predicted octanol–water partition coefficient (Wildman–Crippen LogP) is 2.62. The molecule has 0 saturated heterocycles. The van der Waals surface area contributed by atoms with Crippen molar-refractivity contribution in [1.82, 2.24) is 0 Å². The van der Waals surface area contributed by atoms with E-state index in [1.54, 1.807) is 6.92 Å². The number of ether oxygens (including phenoxy) is 1. The molecule has 70 valence electrons. The molecule has 3 unspecified atom stereocenters. The van der Waals surface area contributed by atoms with Gasteiger partial charge in [0.1, 0.15) is 12.3 Å². The van der Waals surface area contributed by atoms with Gasteiger partial charge in [-0.3, -0.25) is 0 Å². The summed E-state index contributed by atoms with van der Waals surface area (Å²) in [6.45, 7) is 5.05. The molecule has 0 N–H and O–H groups in total. The third-order valence-corrected chi connectivity index (χ3v) is 2.38. The fourth-order valence-corrected chi connectivity index (χ4v) is 1.53. The SMILES string of the molecule is C=COC1CC[C@@H](C)C(F)C1F. The molecule has 0 amide bonds. The fourth-order valence-electron chi connectivity index (χ4n) is 1.53. The van der Waals surface area contributed by atoms with Gasteiger partial charge in [-0.05, 0) is 18.8 Å². The lowest BCUT2D eigenvalue weighted by Gasteiger charge is -2.32. The summed E-state index contributed by atoms with van der Waals surface area (Å²) in [4.78, 5) is 0. The van der Waals surface area contributed by atoms with Crippen molar-refractivity contribution in [2.24, 2.45) is 5.92 Å². The molecule has 1 saturated carbocycles. The molecule has 0 radical (unpaired) electrons. The van der Waals surface area contributed by atoms with Crippen LogP contribution in [0.15, 0.2) is 12.8 Å². The Morgan fingerprint density at radius 1 is 1.33 bits per heavy atom. The zero-order valence-corrected chi connectivity index (χ0v) is 7.17. The zero-order valence-electron chi connectivity index (χ0n) is 7.17. The van der Waals surface area contributed by atoms with E-state index in [4.69, 9.17) is 4.74 Å². The summed E-state index contributed by atoms with van der Waals surface area (Å²) in [6.07, 6.45) is -1.07. The van der Waals surface area contributed by atoms with Crippen LogP contribution in [0.2, 0.25) is 0 Å². The normalized spacial score (nSPS) is 42.2. The van der Waals surface area contributed by atoms with E-state index in [1.165, 1.54) is 6.26 Å². The Hall–Kier alpha value is -0.600. The minimum Gasteiger partial charge on any atom is -0.495 e. The molecule has 0 aromatic rings. The molecule has 0 aliphatic heterocycles. The predicted molar refractivity (Wildman–Crippen MR) is 43.3 cm³/mol. The Morgan fingerprint density at radius 2 is 2.00 bits per heavy atom. The van der Waals surface area contributed by atoms with Crippen molar-refractivity contribution < 1.29 is 13.5 Å². The van der Waals surface area contributed by atoms with Crippen molar-refractivity contribution in [2.75, 3.05) is 0 Å². The van der Waals surface area contributed by atoms with Crippen LogP contribution in [0.3, 0.4) is 0 Å². The van der Waals surface area contributed by atoms with E-state index in [0.29, 0.717) is 12.8 Å². The van der Waals surface area contributed by atoms with Crippen molar-refractivity contribution in [3.63, 3.8) is 0 Å². The number of rotatable bonds is 2. The molecule has 0 spiro atoms. The van der Waals surface area contributed by atoms with E-state index in [-0.39, 0.29) is 5.92 Å². The van der Waals surface area contributed by atoms with Gasteiger partial charge in [0.2, 0.25) is 0 Å². The van der Waals surface area contributed by atoms with Crippen molar-refractivity contribution in [2.45, 2.75) is 38.2 Å². The topological polar surface area (TPSA) is 9.23 Å². The average Bonchev–Trinajstić information content (AvgIpc) is 2.07. The smallest absolute Gasteiger partial charge is 0.168 e. The van der Waals surface area contributed by atoms with Gasteiger partial charge in [0.15, 0.2) is 6.17 Å². The maximum atomic E-state index is 13.1. The third-order valence-electron chi connectivity index (χ3n) is 2.38. The molecule has 0 aromatic carbocycles. The summed E-state index contributed by atoms with van der Waals surface area (Å²) in [5, 5.41) is 0. The highest BCUT2D eigenvalue weighted by atomic mass is 19.2. The van der Waals surface area contributed by atoms with Gasteiger partial charge in [0.25, 0.3) is 0 Å². The number of hydrogen-bond acceptors (Lipinski definition) is 1. The van der Waals surface area contributed by atoms with E-state index in [1.807, 2.05) is 0 Å². The highest BCUT2D eigenvalue weighted by Crippen LogP contribution is 2.31. The maximum absolute atomic E-state index is 13.1. The summed E-state index contributed by atoms with van der Waals surface area (Å²) in [5.74, 6) is -0.190. The molecular formula is C9H14F2O. The first kappa shape index (κ1) is 9.49. The lowest BCUT2D eigenvalue weighted by Crippen LogP contribution is -2.41. The highest BCUT2D eigenvalue weighted by Gasteiger charge is 2.38. The molecule has 1 aliphatic carbocycles. The van der Waals surface area contributed by atoms with Gasteiger partial charge in [-0.25, -0.2) is 8.78 Å². The van der Waals surface area contributed by atoms with E-state index < -0.39 is 18.4 Å². The fraction of sp³-hybridized carbons (Fsp3) is 0.778. The first-order valence-electron chi connectivity index (χ1n) is 4.21. The number of hydrogen-bond donors (Lipinski definition) is 0. The van der Waals surface area contributed by atoms with Crippen molar-refractivity contribution in [3.8, 4) is 0 Å².